The fourth-order valence-corrected chi connectivity index (χ4v) is 10.9. The Bertz CT molecular complexity index is 4220. The number of nitrogens with zero attached hydrogens (tertiary/aromatic N) is 7. The third-order valence-corrected chi connectivity index (χ3v) is 16.6. The molecular formula is C83H81N7O4. The quantitative estimate of drug-likeness (QED) is 0.0612. The number of nitro benzene ring substituents is 1. The monoisotopic (exact) mass is 1240 g/mol. The van der Waals surface area contributed by atoms with Gasteiger partial charge in [-0.1, -0.05) is 112 Å². The van der Waals surface area contributed by atoms with Crippen LogP contribution in [0, 0.1) is 51.7 Å². The molecule has 0 aliphatic rings. The van der Waals surface area contributed by atoms with Crippen LogP contribution < -0.4 is 38.9 Å². The molecule has 0 fully saturated rings. The number of ether oxygens (including phenoxy) is 2. The highest BCUT2D eigenvalue weighted by Crippen LogP contribution is 2.40. The molecule has 0 aromatic heterocycles. The maximum Gasteiger partial charge on any atom is 0.269 e. The largest absolute Gasteiger partial charge is 0.497 e. The van der Waals surface area contributed by atoms with E-state index in [4.69, 9.17) is 9.47 Å². The lowest BCUT2D eigenvalue weighted by molar-refractivity contribution is -0.384. The average molecular weight is 1240 g/mol. The number of nitro groups is 1. The van der Waals surface area contributed by atoms with Crippen molar-refractivity contribution >= 4 is 91.0 Å². The number of methoxy groups -OCH3 is 2. The van der Waals surface area contributed by atoms with Crippen molar-refractivity contribution in [2.24, 2.45) is 0 Å². The third-order valence-electron chi connectivity index (χ3n) is 16.6. The predicted octanol–water partition coefficient (Wildman–Crippen LogP) is 22.5. The minimum atomic E-state index is -0.386. The molecule has 0 heterocycles. The van der Waals surface area contributed by atoms with Crippen molar-refractivity contribution < 1.29 is 14.4 Å². The summed E-state index contributed by atoms with van der Waals surface area (Å²) in [5.41, 5.74) is 23.9. The predicted molar refractivity (Wildman–Crippen MR) is 395 cm³/mol. The van der Waals surface area contributed by atoms with E-state index in [1.165, 1.54) is 45.5 Å². The Hall–Kier alpha value is -11.6. The van der Waals surface area contributed by atoms with Crippen LogP contribution in [-0.2, 0) is 0 Å². The first kappa shape index (κ1) is 65.4. The summed E-state index contributed by atoms with van der Waals surface area (Å²) >= 11 is 0. The van der Waals surface area contributed by atoms with E-state index in [0.717, 1.165) is 96.8 Å². The molecule has 0 spiro atoms. The Labute approximate surface area is 555 Å². The second-order valence-electron chi connectivity index (χ2n) is 23.4. The number of non-ortho nitro benzene ring substituents is 1. The van der Waals surface area contributed by atoms with Gasteiger partial charge in [0.25, 0.3) is 5.69 Å². The van der Waals surface area contributed by atoms with E-state index in [1.54, 1.807) is 26.4 Å². The summed E-state index contributed by atoms with van der Waals surface area (Å²) in [7, 11) is 9.48. The van der Waals surface area contributed by atoms with Gasteiger partial charge >= 0.3 is 0 Å². The van der Waals surface area contributed by atoms with Crippen LogP contribution in [0.25, 0.3) is 0 Å². The normalized spacial score (nSPS) is 10.6. The molecule has 12 aromatic rings. The Morgan fingerprint density at radius 1 is 0.255 bits per heavy atom. The van der Waals surface area contributed by atoms with Gasteiger partial charge in [-0.15, -0.1) is 0 Å². The van der Waals surface area contributed by atoms with E-state index in [-0.39, 0.29) is 10.6 Å². The van der Waals surface area contributed by atoms with Crippen molar-refractivity contribution in [1.29, 1.82) is 0 Å². The molecule has 0 radical (unpaired) electrons. The van der Waals surface area contributed by atoms with E-state index in [9.17, 15) is 10.1 Å². The topological polar surface area (TPSA) is 81.0 Å². The van der Waals surface area contributed by atoms with Crippen LogP contribution in [0.2, 0.25) is 0 Å². The summed E-state index contributed by atoms with van der Waals surface area (Å²) in [4.78, 5) is 23.7. The number of anilines is 15. The van der Waals surface area contributed by atoms with E-state index in [2.05, 4.69) is 317 Å². The lowest BCUT2D eigenvalue weighted by Gasteiger charge is -2.27. The molecule has 0 aliphatic carbocycles. The standard InChI is InChI=1S/2C28H28N2O.C27H25N3O2/c1-21-5-9-25(10-6-21)30(26-11-7-22(2)8-12-26)27-15-13-23(14-16-27)29(3)24-17-19-28(31-4)20-18-24;1-21-8-12-24(13-9-21)30(25-14-10-22(2)11-15-25)26-18-16-23(17-19-26)29(3)27-6-5-7-28(20-27)31-4;1-20-4-8-24(9-5-20)29(25-10-6-21(2)7-11-25)26-16-12-22(13-17-26)28(3)23-14-18-27(19-15-23)30(31)32/h2*5-20H,1-4H3;4-19H,1-3H3. The van der Waals surface area contributed by atoms with Gasteiger partial charge in [0.15, 0.2) is 0 Å². The Balaban J connectivity index is 0.000000154. The number of benzene rings is 12. The SMILES string of the molecule is COc1ccc(N(C)c2ccc(N(c3ccc(C)cc3)c3ccc(C)cc3)cc2)cc1.COc1cccc(N(C)c2ccc(N(c3ccc(C)cc3)c3ccc(C)cc3)cc2)c1.Cc1ccc(N(c2ccc(C)cc2)c2ccc(N(C)c3ccc([N+](=O)[O-])cc3)cc2)cc1. The van der Waals surface area contributed by atoms with Gasteiger partial charge in [-0.3, -0.25) is 10.1 Å². The van der Waals surface area contributed by atoms with Gasteiger partial charge in [-0.05, 0) is 236 Å². The second-order valence-corrected chi connectivity index (χ2v) is 23.4. The van der Waals surface area contributed by atoms with Crippen molar-refractivity contribution in [3.8, 4) is 11.5 Å². The lowest BCUT2D eigenvalue weighted by atomic mass is 10.1. The van der Waals surface area contributed by atoms with Gasteiger partial charge in [0.2, 0.25) is 0 Å². The molecule has 0 N–H and O–H groups in total. The molecule has 12 rings (SSSR count). The third kappa shape index (κ3) is 16.3. The fourth-order valence-electron chi connectivity index (χ4n) is 10.9. The van der Waals surface area contributed by atoms with Crippen LogP contribution in [0.15, 0.2) is 291 Å². The highest BCUT2D eigenvalue weighted by molar-refractivity contribution is 5.81. The minimum absolute atomic E-state index is 0.0873. The summed E-state index contributed by atoms with van der Waals surface area (Å²) < 4.78 is 10.6. The van der Waals surface area contributed by atoms with Crippen molar-refractivity contribution in [3.05, 3.63) is 335 Å². The molecule has 0 amide bonds. The highest BCUT2D eigenvalue weighted by Gasteiger charge is 2.18. The lowest BCUT2D eigenvalue weighted by Crippen LogP contribution is -2.12. The Morgan fingerprint density at radius 2 is 0.457 bits per heavy atom. The molecule has 0 aliphatic heterocycles. The van der Waals surface area contributed by atoms with Gasteiger partial charge in [-0.2, -0.15) is 0 Å². The number of hydrogen-bond acceptors (Lipinski definition) is 10. The summed E-state index contributed by atoms with van der Waals surface area (Å²) in [6, 6.07) is 100. The van der Waals surface area contributed by atoms with Gasteiger partial charge in [0, 0.05) is 125 Å². The summed E-state index contributed by atoms with van der Waals surface area (Å²) in [6.45, 7) is 12.6. The van der Waals surface area contributed by atoms with Crippen LogP contribution in [0.3, 0.4) is 0 Å². The second kappa shape index (κ2) is 30.5. The molecule has 0 unspecified atom stereocenters. The Morgan fingerprint density at radius 3 is 0.691 bits per heavy atom. The maximum absolute atomic E-state index is 10.9. The van der Waals surface area contributed by atoms with Crippen molar-refractivity contribution in [1.82, 2.24) is 0 Å². The number of hydrogen-bond donors (Lipinski definition) is 0. The zero-order valence-corrected chi connectivity index (χ0v) is 55.5. The molecule has 11 heteroatoms. The first-order valence-corrected chi connectivity index (χ1v) is 31.4. The van der Waals surface area contributed by atoms with Crippen LogP contribution >= 0.6 is 0 Å². The molecule has 12 aromatic carbocycles. The molecule has 0 bridgehead atoms. The minimum Gasteiger partial charge on any atom is -0.497 e. The molecule has 11 nitrogen and oxygen atoms in total. The first-order chi connectivity index (χ1) is 45.5. The highest BCUT2D eigenvalue weighted by atomic mass is 16.6. The van der Waals surface area contributed by atoms with Gasteiger partial charge < -0.3 is 38.9 Å². The van der Waals surface area contributed by atoms with E-state index in [1.807, 2.05) is 42.3 Å². The molecule has 472 valence electrons. The first-order valence-electron chi connectivity index (χ1n) is 31.4. The molecular weight excluding hydrogens is 1160 g/mol. The number of rotatable bonds is 18. The number of aryl methyl sites for hydroxylation is 6. The van der Waals surface area contributed by atoms with E-state index in [0.29, 0.717) is 0 Å². The van der Waals surface area contributed by atoms with Crippen LogP contribution in [0.4, 0.5) is 91.0 Å². The van der Waals surface area contributed by atoms with Crippen molar-refractivity contribution in [2.45, 2.75) is 41.5 Å². The summed E-state index contributed by atoms with van der Waals surface area (Å²) in [5, 5.41) is 10.9. The van der Waals surface area contributed by atoms with Crippen LogP contribution in [0.1, 0.15) is 33.4 Å². The Kier molecular flexibility index (Phi) is 21.2. The van der Waals surface area contributed by atoms with Crippen LogP contribution in [0.5, 0.6) is 11.5 Å². The molecule has 0 atom stereocenters. The van der Waals surface area contributed by atoms with Crippen molar-refractivity contribution in [3.63, 3.8) is 0 Å². The van der Waals surface area contributed by atoms with Gasteiger partial charge in [0.1, 0.15) is 11.5 Å². The average Bonchev–Trinajstić information content (AvgIpc) is 0.847. The van der Waals surface area contributed by atoms with Gasteiger partial charge in [0.05, 0.1) is 19.1 Å². The van der Waals surface area contributed by atoms with E-state index >= 15 is 0 Å². The molecule has 0 saturated carbocycles. The van der Waals surface area contributed by atoms with Crippen molar-refractivity contribution in [2.75, 3.05) is 64.8 Å². The van der Waals surface area contributed by atoms with E-state index < -0.39 is 0 Å². The smallest absolute Gasteiger partial charge is 0.269 e. The zero-order valence-electron chi connectivity index (χ0n) is 55.5. The molecule has 94 heavy (non-hydrogen) atoms. The van der Waals surface area contributed by atoms with Crippen LogP contribution in [-0.4, -0.2) is 40.3 Å². The zero-order chi connectivity index (χ0) is 66.3. The maximum atomic E-state index is 10.9. The summed E-state index contributed by atoms with van der Waals surface area (Å²) in [6.07, 6.45) is 0. The summed E-state index contributed by atoms with van der Waals surface area (Å²) in [5.74, 6) is 1.71. The van der Waals surface area contributed by atoms with Gasteiger partial charge in [-0.25, -0.2) is 0 Å². The fraction of sp³-hybridized carbons (Fsp3) is 0.133. The molecule has 0 saturated heterocycles.